The van der Waals surface area contributed by atoms with Gasteiger partial charge in [-0.05, 0) is 76.0 Å². The van der Waals surface area contributed by atoms with Crippen molar-refractivity contribution in [1.82, 2.24) is 0 Å². The molecule has 0 amide bonds. The van der Waals surface area contributed by atoms with Gasteiger partial charge >= 0.3 is 5.97 Å². The van der Waals surface area contributed by atoms with E-state index >= 15 is 0 Å². The molecule has 1 fully saturated rings. The van der Waals surface area contributed by atoms with Gasteiger partial charge in [-0.3, -0.25) is 4.79 Å². The Morgan fingerprint density at radius 3 is 2.29 bits per heavy atom. The van der Waals surface area contributed by atoms with Gasteiger partial charge in [0.2, 0.25) is 0 Å². The molecule has 1 aliphatic heterocycles. The maximum absolute atomic E-state index is 13.4. The normalized spacial score (nSPS) is 37.5. The van der Waals surface area contributed by atoms with Crippen LogP contribution in [0.15, 0.2) is 34.5 Å². The Morgan fingerprint density at radius 1 is 1.13 bits per heavy atom. The van der Waals surface area contributed by atoms with Crippen LogP contribution in [0.1, 0.15) is 86.6 Å². The Labute approximate surface area is 227 Å². The van der Waals surface area contributed by atoms with Crippen molar-refractivity contribution in [3.05, 3.63) is 35.6 Å². The van der Waals surface area contributed by atoms with Crippen molar-refractivity contribution in [2.75, 3.05) is 7.11 Å². The summed E-state index contributed by atoms with van der Waals surface area (Å²) in [4.78, 5) is 12.9. The number of cyclic esters (lactones) is 1. The van der Waals surface area contributed by atoms with Crippen LogP contribution in [0.4, 0.5) is 4.39 Å². The topological polar surface area (TPSA) is 101 Å². The number of nitrogens with zero attached hydrogens (tertiary/aromatic N) is 2. The van der Waals surface area contributed by atoms with Crippen LogP contribution in [-0.4, -0.2) is 58.1 Å². The fourth-order valence-corrected chi connectivity index (χ4v) is 5.77. The molecule has 8 atom stereocenters. The third-order valence-electron chi connectivity index (χ3n) is 8.07. The van der Waals surface area contributed by atoms with Gasteiger partial charge in [0.1, 0.15) is 17.5 Å². The van der Waals surface area contributed by atoms with E-state index in [4.69, 9.17) is 9.47 Å². The van der Waals surface area contributed by atoms with Crippen LogP contribution in [-0.2, 0) is 14.3 Å². The van der Waals surface area contributed by atoms with E-state index in [0.29, 0.717) is 30.7 Å². The van der Waals surface area contributed by atoms with Gasteiger partial charge in [0.25, 0.3) is 0 Å². The number of methoxy groups -OCH3 is 1. The molecule has 7 nitrogen and oxygen atoms in total. The number of aliphatic hydroxyl groups is 2. The van der Waals surface area contributed by atoms with Gasteiger partial charge in [0.05, 0.1) is 23.3 Å². The van der Waals surface area contributed by atoms with Crippen LogP contribution in [0.5, 0.6) is 0 Å². The second-order valence-electron chi connectivity index (χ2n) is 11.7. The number of halogens is 1. The number of esters is 1. The van der Waals surface area contributed by atoms with Crippen molar-refractivity contribution in [2.45, 2.75) is 104 Å². The summed E-state index contributed by atoms with van der Waals surface area (Å²) in [6, 6.07) is 6.01. The third-order valence-corrected chi connectivity index (χ3v) is 8.07. The van der Waals surface area contributed by atoms with Gasteiger partial charge in [0, 0.05) is 18.7 Å². The lowest BCUT2D eigenvalue weighted by Crippen LogP contribution is -2.55. The summed E-state index contributed by atoms with van der Waals surface area (Å²) in [5.41, 5.74) is -0.314. The van der Waals surface area contributed by atoms with E-state index in [-0.39, 0.29) is 29.5 Å². The predicted molar refractivity (Wildman–Crippen MR) is 149 cm³/mol. The summed E-state index contributed by atoms with van der Waals surface area (Å²) in [6.07, 6.45) is 0.115. The Balaban J connectivity index is 2.59. The molecule has 1 heterocycles. The van der Waals surface area contributed by atoms with Crippen molar-refractivity contribution in [2.24, 2.45) is 33.9 Å². The van der Waals surface area contributed by atoms with Crippen molar-refractivity contribution >= 4 is 17.4 Å². The van der Waals surface area contributed by atoms with Crippen molar-refractivity contribution < 1.29 is 28.9 Å². The number of aliphatic hydroxyl groups excluding tert-OH is 1. The first-order valence-electron chi connectivity index (χ1n) is 13.7. The quantitative estimate of drug-likeness (QED) is 0.299. The standard InChI is InChI=1S/C30H47FN2O5/c1-10-25-30(8,36)27(34)21(5)26(33-32-22(6)23-11-13-24(31)14-12-23)20(4)17-29(7,37-9)16-18(2)15-19(3)28(35)38-25/h11-14,18-21,25,27,34,36H,10,15-17H2,1-9H3/b32-22+,33-26+/t18-,19+,20+,21-,25+,27+,29-,30+/m0/s1. The molecule has 0 saturated carbocycles. The van der Waals surface area contributed by atoms with Crippen molar-refractivity contribution in [1.29, 1.82) is 0 Å². The molecule has 1 aromatic rings. The smallest absolute Gasteiger partial charge is 0.309 e. The van der Waals surface area contributed by atoms with Gasteiger partial charge in [-0.2, -0.15) is 10.2 Å². The van der Waals surface area contributed by atoms with E-state index in [0.717, 1.165) is 12.0 Å². The molecule has 1 saturated heterocycles. The Morgan fingerprint density at radius 2 is 1.74 bits per heavy atom. The molecule has 2 N–H and O–H groups in total. The second kappa shape index (κ2) is 13.3. The SMILES string of the molecule is CC[C@H]1OC(=O)[C@H](C)C[C@H](C)C[C@](C)(OC)C[C@@H](C)/C(=N\N=C(/C)c2ccc(F)cc2)[C@H](C)[C@@H](O)[C@]1(C)O. The Bertz CT molecular complexity index is 993. The third kappa shape index (κ3) is 7.93. The zero-order valence-corrected chi connectivity index (χ0v) is 24.5. The number of benzene rings is 1. The predicted octanol–water partition coefficient (Wildman–Crippen LogP) is 5.56. The maximum Gasteiger partial charge on any atom is 0.309 e. The zero-order valence-electron chi connectivity index (χ0n) is 24.5. The van der Waals surface area contributed by atoms with Crippen LogP contribution in [0.2, 0.25) is 0 Å². The molecule has 0 radical (unpaired) electrons. The van der Waals surface area contributed by atoms with Crippen LogP contribution in [0, 0.1) is 29.5 Å². The van der Waals surface area contributed by atoms with Gasteiger partial charge in [0.15, 0.2) is 0 Å². The van der Waals surface area contributed by atoms with Crippen molar-refractivity contribution in [3.63, 3.8) is 0 Å². The molecule has 214 valence electrons. The monoisotopic (exact) mass is 534 g/mol. The molecule has 0 aliphatic carbocycles. The van der Waals surface area contributed by atoms with Gasteiger partial charge < -0.3 is 19.7 Å². The minimum Gasteiger partial charge on any atom is -0.459 e. The highest BCUT2D eigenvalue weighted by Crippen LogP contribution is 2.35. The molecule has 0 spiro atoms. The Hall–Kier alpha value is -2.16. The zero-order chi connectivity index (χ0) is 28.8. The lowest BCUT2D eigenvalue weighted by atomic mass is 9.75. The molecule has 8 heteroatoms. The van der Waals surface area contributed by atoms with Crippen LogP contribution in [0.3, 0.4) is 0 Å². The highest BCUT2D eigenvalue weighted by atomic mass is 19.1. The number of carbonyl (C=O) groups is 1. The minimum absolute atomic E-state index is 0.152. The molecule has 2 rings (SSSR count). The number of ether oxygens (including phenoxy) is 2. The van der Waals surface area contributed by atoms with Gasteiger partial charge in [-0.15, -0.1) is 0 Å². The van der Waals surface area contributed by atoms with Crippen LogP contribution < -0.4 is 0 Å². The first-order chi connectivity index (χ1) is 17.6. The summed E-state index contributed by atoms with van der Waals surface area (Å²) in [7, 11) is 1.68. The Kier molecular flexibility index (Phi) is 11.2. The average molecular weight is 535 g/mol. The molecule has 0 bridgehead atoms. The van der Waals surface area contributed by atoms with E-state index in [1.54, 1.807) is 33.1 Å². The summed E-state index contributed by atoms with van der Waals surface area (Å²) in [5.74, 6) is -1.66. The average Bonchev–Trinajstić information content (AvgIpc) is 2.85. The lowest BCUT2D eigenvalue weighted by Gasteiger charge is -2.41. The number of rotatable bonds is 4. The van der Waals surface area contributed by atoms with Crippen LogP contribution >= 0.6 is 0 Å². The lowest BCUT2D eigenvalue weighted by molar-refractivity contribution is -0.186. The molecule has 1 aliphatic rings. The summed E-state index contributed by atoms with van der Waals surface area (Å²) in [6.45, 7) is 14.9. The maximum atomic E-state index is 13.4. The highest BCUT2D eigenvalue weighted by Gasteiger charge is 2.46. The molecule has 38 heavy (non-hydrogen) atoms. The van der Waals surface area contributed by atoms with Crippen LogP contribution in [0.25, 0.3) is 0 Å². The molecular formula is C30H47FN2O5. The number of carbonyl (C=O) groups excluding carboxylic acids is 1. The largest absolute Gasteiger partial charge is 0.459 e. The van der Waals surface area contributed by atoms with E-state index in [2.05, 4.69) is 17.1 Å². The fraction of sp³-hybridized carbons (Fsp3) is 0.700. The highest BCUT2D eigenvalue weighted by molar-refractivity contribution is 5.99. The van der Waals surface area contributed by atoms with E-state index in [1.807, 2.05) is 27.7 Å². The molecular weight excluding hydrogens is 487 g/mol. The van der Waals surface area contributed by atoms with Gasteiger partial charge in [-0.25, -0.2) is 4.39 Å². The fourth-order valence-electron chi connectivity index (χ4n) is 5.77. The molecule has 0 unspecified atom stereocenters. The van der Waals surface area contributed by atoms with E-state index in [9.17, 15) is 19.4 Å². The van der Waals surface area contributed by atoms with E-state index < -0.39 is 29.3 Å². The summed E-state index contributed by atoms with van der Waals surface area (Å²) < 4.78 is 25.1. The number of hydrogen-bond acceptors (Lipinski definition) is 7. The van der Waals surface area contributed by atoms with Crippen molar-refractivity contribution in [3.8, 4) is 0 Å². The first-order valence-corrected chi connectivity index (χ1v) is 13.7. The second-order valence-corrected chi connectivity index (χ2v) is 11.7. The van der Waals surface area contributed by atoms with E-state index in [1.165, 1.54) is 19.1 Å². The first kappa shape index (κ1) is 32.1. The minimum atomic E-state index is -1.72. The summed E-state index contributed by atoms with van der Waals surface area (Å²) >= 11 is 0. The molecule has 1 aromatic carbocycles. The molecule has 0 aromatic heterocycles. The summed E-state index contributed by atoms with van der Waals surface area (Å²) in [5, 5.41) is 32.0. The van der Waals surface area contributed by atoms with Gasteiger partial charge in [-0.1, -0.05) is 46.8 Å². The number of hydrogen-bond donors (Lipinski definition) is 2.